The second-order valence-electron chi connectivity index (χ2n) is 3.94. The summed E-state index contributed by atoms with van der Waals surface area (Å²) < 4.78 is 0. The molecule has 0 unspecified atom stereocenters. The van der Waals surface area contributed by atoms with E-state index >= 15 is 0 Å². The van der Waals surface area contributed by atoms with Gasteiger partial charge in [0.15, 0.2) is 0 Å². The van der Waals surface area contributed by atoms with Crippen molar-refractivity contribution in [3.8, 4) is 0 Å². The van der Waals surface area contributed by atoms with Crippen LogP contribution in [-0.4, -0.2) is 0 Å². The van der Waals surface area contributed by atoms with Crippen molar-refractivity contribution in [2.75, 3.05) is 0 Å². The number of hydrogen-bond donors (Lipinski definition) is 0. The van der Waals surface area contributed by atoms with Crippen LogP contribution in [0.5, 0.6) is 0 Å². The lowest BCUT2D eigenvalue weighted by molar-refractivity contribution is 0.611. The third kappa shape index (κ3) is 9.57. The van der Waals surface area contributed by atoms with Gasteiger partial charge in [-0.2, -0.15) is 0 Å². The van der Waals surface area contributed by atoms with Gasteiger partial charge in [-0.1, -0.05) is 56.8 Å². The maximum Gasteiger partial charge on any atom is -0.0345 e. The molecular weight excluding hydrogens is 168 g/mol. The molecular formula is C14H25. The van der Waals surface area contributed by atoms with Crippen molar-refractivity contribution < 1.29 is 0 Å². The maximum absolute atomic E-state index is 3.04. The van der Waals surface area contributed by atoms with Crippen LogP contribution in [0, 0.1) is 6.08 Å². The van der Waals surface area contributed by atoms with Crippen molar-refractivity contribution in [1.29, 1.82) is 0 Å². The van der Waals surface area contributed by atoms with Crippen LogP contribution in [0.3, 0.4) is 0 Å². The standard InChI is InChI=1S/C14H25/c1-4-6-7-8-9-10-11-13-14(3)12-5-2/h12-13H,4,6-11H2,1-3H3/b12-5?,14-13+. The molecule has 0 saturated heterocycles. The predicted molar refractivity (Wildman–Crippen MR) is 65.2 cm³/mol. The maximum atomic E-state index is 3.04. The Bertz CT molecular complexity index is 163. The van der Waals surface area contributed by atoms with Crippen LogP contribution in [0.15, 0.2) is 17.7 Å². The molecule has 0 atom stereocenters. The highest BCUT2D eigenvalue weighted by molar-refractivity contribution is 5.12. The largest absolute Gasteiger partial charge is 0.0816 e. The van der Waals surface area contributed by atoms with Gasteiger partial charge >= 0.3 is 0 Å². The molecule has 0 aromatic rings. The second kappa shape index (κ2) is 10.6. The zero-order chi connectivity index (χ0) is 10.6. The third-order valence-corrected chi connectivity index (χ3v) is 2.40. The van der Waals surface area contributed by atoms with Crippen LogP contribution in [0.1, 0.15) is 65.7 Å². The molecule has 0 fully saturated rings. The summed E-state index contributed by atoms with van der Waals surface area (Å²) in [6.07, 6.45) is 17.0. The van der Waals surface area contributed by atoms with Crippen LogP contribution >= 0.6 is 0 Å². The van der Waals surface area contributed by atoms with Crippen molar-refractivity contribution >= 4 is 0 Å². The Kier molecular flexibility index (Phi) is 10.2. The first-order chi connectivity index (χ1) is 6.81. The highest BCUT2D eigenvalue weighted by Gasteiger charge is 1.88. The smallest absolute Gasteiger partial charge is 0.0345 e. The Morgan fingerprint density at radius 2 is 1.71 bits per heavy atom. The van der Waals surface area contributed by atoms with E-state index in [0.29, 0.717) is 0 Å². The van der Waals surface area contributed by atoms with Gasteiger partial charge in [0.25, 0.3) is 0 Å². The molecule has 0 aliphatic heterocycles. The fourth-order valence-corrected chi connectivity index (χ4v) is 1.54. The molecule has 0 saturated carbocycles. The Labute approximate surface area is 90.1 Å². The van der Waals surface area contributed by atoms with E-state index in [1.807, 2.05) is 6.92 Å². The van der Waals surface area contributed by atoms with Crippen molar-refractivity contribution in [2.24, 2.45) is 0 Å². The molecule has 0 aromatic carbocycles. The molecule has 0 rings (SSSR count). The van der Waals surface area contributed by atoms with Gasteiger partial charge in [-0.05, 0) is 32.8 Å². The highest BCUT2D eigenvalue weighted by Crippen LogP contribution is 2.08. The molecule has 0 bridgehead atoms. The minimum atomic E-state index is 1.23. The predicted octanol–water partition coefficient (Wildman–Crippen LogP) is 5.06. The minimum Gasteiger partial charge on any atom is -0.0816 e. The second-order valence-corrected chi connectivity index (χ2v) is 3.94. The number of rotatable bonds is 8. The fraction of sp³-hybridized carbons (Fsp3) is 0.714. The van der Waals surface area contributed by atoms with Gasteiger partial charge < -0.3 is 0 Å². The summed E-state index contributed by atoms with van der Waals surface area (Å²) >= 11 is 0. The zero-order valence-electron chi connectivity index (χ0n) is 10.1. The summed E-state index contributed by atoms with van der Waals surface area (Å²) in [6.45, 7) is 6.36. The summed E-state index contributed by atoms with van der Waals surface area (Å²) in [5.74, 6) is 0. The van der Waals surface area contributed by atoms with Crippen LogP contribution < -0.4 is 0 Å². The van der Waals surface area contributed by atoms with Gasteiger partial charge in [-0.15, -0.1) is 0 Å². The first-order valence-corrected chi connectivity index (χ1v) is 5.98. The van der Waals surface area contributed by atoms with Crippen LogP contribution in [0.25, 0.3) is 0 Å². The molecule has 0 aliphatic carbocycles. The third-order valence-electron chi connectivity index (χ3n) is 2.40. The molecule has 0 aromatic heterocycles. The van der Waals surface area contributed by atoms with E-state index in [4.69, 9.17) is 0 Å². The minimum absolute atomic E-state index is 1.23. The molecule has 81 valence electrons. The van der Waals surface area contributed by atoms with E-state index in [-0.39, 0.29) is 0 Å². The lowest BCUT2D eigenvalue weighted by Gasteiger charge is -1.98. The Morgan fingerprint density at radius 3 is 2.36 bits per heavy atom. The van der Waals surface area contributed by atoms with Crippen molar-refractivity contribution in [2.45, 2.75) is 65.7 Å². The lowest BCUT2D eigenvalue weighted by Crippen LogP contribution is -1.78. The first-order valence-electron chi connectivity index (χ1n) is 5.98. The molecule has 0 heteroatoms. The molecule has 0 aliphatic rings. The summed E-state index contributed by atoms with van der Waals surface area (Å²) in [5.41, 5.74) is 1.35. The average molecular weight is 193 g/mol. The topological polar surface area (TPSA) is 0 Å². The highest BCUT2D eigenvalue weighted by atomic mass is 13.9. The summed E-state index contributed by atoms with van der Waals surface area (Å²) in [4.78, 5) is 0. The molecule has 14 heavy (non-hydrogen) atoms. The Morgan fingerprint density at radius 1 is 1.07 bits per heavy atom. The van der Waals surface area contributed by atoms with Gasteiger partial charge in [0.05, 0.1) is 0 Å². The fourth-order valence-electron chi connectivity index (χ4n) is 1.54. The Hall–Kier alpha value is -0.520. The van der Waals surface area contributed by atoms with Crippen LogP contribution in [0.4, 0.5) is 0 Å². The monoisotopic (exact) mass is 193 g/mol. The number of allylic oxidation sites excluding steroid dienone is 4. The zero-order valence-corrected chi connectivity index (χ0v) is 10.1. The quantitative estimate of drug-likeness (QED) is 0.373. The van der Waals surface area contributed by atoms with Gasteiger partial charge in [0.1, 0.15) is 0 Å². The van der Waals surface area contributed by atoms with Crippen molar-refractivity contribution in [3.63, 3.8) is 0 Å². The average Bonchev–Trinajstić information content (AvgIpc) is 2.17. The first kappa shape index (κ1) is 13.5. The van der Waals surface area contributed by atoms with Crippen molar-refractivity contribution in [3.05, 3.63) is 23.8 Å². The van der Waals surface area contributed by atoms with Gasteiger partial charge in [0, 0.05) is 0 Å². The number of hydrogen-bond acceptors (Lipinski definition) is 0. The van der Waals surface area contributed by atoms with E-state index in [0.717, 1.165) is 0 Å². The van der Waals surface area contributed by atoms with E-state index in [1.54, 1.807) is 0 Å². The van der Waals surface area contributed by atoms with E-state index < -0.39 is 0 Å². The molecule has 0 heterocycles. The SMILES string of the molecule is C/[C]=C/C(C)=C/CCCCCCCC. The summed E-state index contributed by atoms with van der Waals surface area (Å²) in [7, 11) is 0. The summed E-state index contributed by atoms with van der Waals surface area (Å²) in [6, 6.07) is 0. The molecule has 0 nitrogen and oxygen atoms in total. The van der Waals surface area contributed by atoms with Gasteiger partial charge in [-0.3, -0.25) is 0 Å². The normalized spacial score (nSPS) is 12.6. The van der Waals surface area contributed by atoms with Crippen LogP contribution in [0.2, 0.25) is 0 Å². The lowest BCUT2D eigenvalue weighted by atomic mass is 10.1. The molecule has 0 N–H and O–H groups in total. The van der Waals surface area contributed by atoms with Crippen LogP contribution in [-0.2, 0) is 0 Å². The van der Waals surface area contributed by atoms with Gasteiger partial charge in [0.2, 0.25) is 0 Å². The van der Waals surface area contributed by atoms with Gasteiger partial charge in [-0.25, -0.2) is 0 Å². The molecule has 0 amide bonds. The Balaban J connectivity index is 3.24. The molecule has 0 spiro atoms. The molecule has 1 radical (unpaired) electrons. The summed E-state index contributed by atoms with van der Waals surface area (Å²) in [5, 5.41) is 0. The van der Waals surface area contributed by atoms with E-state index in [1.165, 1.54) is 50.5 Å². The van der Waals surface area contributed by atoms with E-state index in [9.17, 15) is 0 Å². The van der Waals surface area contributed by atoms with E-state index in [2.05, 4.69) is 32.1 Å². The number of unbranched alkanes of at least 4 members (excludes halogenated alkanes) is 6. The van der Waals surface area contributed by atoms with Crippen molar-refractivity contribution in [1.82, 2.24) is 0 Å².